The zero-order valence-electron chi connectivity index (χ0n) is 17.7. The molecule has 158 valence electrons. The highest BCUT2D eigenvalue weighted by Gasteiger charge is 2.26. The van der Waals surface area contributed by atoms with Crippen molar-refractivity contribution in [3.8, 4) is 5.88 Å². The Hall–Kier alpha value is -2.15. The fraction of sp³-hybridized carbons (Fsp3) is 0.682. The number of nitrogens with zero attached hydrogens (tertiary/aromatic N) is 4. The van der Waals surface area contributed by atoms with Gasteiger partial charge in [-0.25, -0.2) is 9.97 Å². The van der Waals surface area contributed by atoms with E-state index in [-0.39, 0.29) is 12.0 Å². The summed E-state index contributed by atoms with van der Waals surface area (Å²) >= 11 is 0. The van der Waals surface area contributed by atoms with Gasteiger partial charge in [0.25, 0.3) is 0 Å². The van der Waals surface area contributed by atoms with Crippen molar-refractivity contribution in [3.05, 3.63) is 17.6 Å². The molecule has 0 bridgehead atoms. The maximum Gasteiger partial charge on any atom is 0.226 e. The van der Waals surface area contributed by atoms with Crippen molar-refractivity contribution in [1.82, 2.24) is 19.4 Å². The highest BCUT2D eigenvalue weighted by atomic mass is 16.5. The Kier molecular flexibility index (Phi) is 6.04. The third-order valence-corrected chi connectivity index (χ3v) is 6.73. The zero-order valence-corrected chi connectivity index (χ0v) is 17.7. The normalized spacial score (nSPS) is 19.7. The molecule has 7 nitrogen and oxygen atoms in total. The van der Waals surface area contributed by atoms with E-state index in [0.717, 1.165) is 49.4 Å². The molecule has 1 saturated heterocycles. The number of aromatic nitrogens is 3. The molecule has 0 aromatic carbocycles. The number of likely N-dealkylation sites (tertiary alicyclic amines) is 1. The van der Waals surface area contributed by atoms with Gasteiger partial charge in [0.15, 0.2) is 0 Å². The van der Waals surface area contributed by atoms with Gasteiger partial charge in [0.05, 0.1) is 5.39 Å². The summed E-state index contributed by atoms with van der Waals surface area (Å²) in [7, 11) is 0. The lowest BCUT2D eigenvalue weighted by Crippen LogP contribution is -2.39. The Morgan fingerprint density at radius 3 is 2.55 bits per heavy atom. The molecule has 2 aromatic rings. The predicted molar refractivity (Wildman–Crippen MR) is 113 cm³/mol. The van der Waals surface area contributed by atoms with Crippen molar-refractivity contribution in [2.75, 3.05) is 19.6 Å². The number of amides is 1. The molecule has 2 aromatic heterocycles. The molecule has 1 amide bonds. The van der Waals surface area contributed by atoms with E-state index in [1.807, 2.05) is 0 Å². The van der Waals surface area contributed by atoms with Gasteiger partial charge in [-0.1, -0.05) is 19.3 Å². The van der Waals surface area contributed by atoms with E-state index in [4.69, 9.17) is 10.5 Å². The minimum atomic E-state index is -0.236. The fourth-order valence-electron chi connectivity index (χ4n) is 4.94. The maximum absolute atomic E-state index is 11.0. The molecule has 1 saturated carbocycles. The standard InChI is InChI=1S/C22H33N5O2/c1-15-16(2)27(17-6-4-3-5-7-17)21-20(15)22(25-14-24-21)29-18-8-11-26(12-9-18)13-10-19(23)28/h14,17-18H,3-13H2,1-2H3,(H2,23,28). The van der Waals surface area contributed by atoms with Gasteiger partial charge < -0.3 is 19.9 Å². The third-order valence-electron chi connectivity index (χ3n) is 6.73. The van der Waals surface area contributed by atoms with E-state index in [1.165, 1.54) is 43.4 Å². The van der Waals surface area contributed by atoms with Crippen LogP contribution in [0.2, 0.25) is 0 Å². The molecule has 0 atom stereocenters. The van der Waals surface area contributed by atoms with E-state index in [0.29, 0.717) is 12.5 Å². The lowest BCUT2D eigenvalue weighted by Gasteiger charge is -2.31. The largest absolute Gasteiger partial charge is 0.474 e. The van der Waals surface area contributed by atoms with Crippen molar-refractivity contribution >= 4 is 16.9 Å². The molecule has 2 N–H and O–H groups in total. The highest BCUT2D eigenvalue weighted by molar-refractivity contribution is 5.86. The van der Waals surface area contributed by atoms with Crippen molar-refractivity contribution in [1.29, 1.82) is 0 Å². The Bertz CT molecular complexity index is 864. The SMILES string of the molecule is Cc1c(C)n(C2CCCCC2)c2ncnc(OC3CCN(CCC(N)=O)CC3)c12. The van der Waals surface area contributed by atoms with E-state index in [9.17, 15) is 4.79 Å². The van der Waals surface area contributed by atoms with Gasteiger partial charge in [0.2, 0.25) is 11.8 Å². The van der Waals surface area contributed by atoms with Gasteiger partial charge in [-0.15, -0.1) is 0 Å². The van der Waals surface area contributed by atoms with Crippen LogP contribution in [0, 0.1) is 13.8 Å². The average Bonchev–Trinajstić information content (AvgIpc) is 2.99. The first kappa shape index (κ1) is 20.1. The van der Waals surface area contributed by atoms with Gasteiger partial charge in [-0.3, -0.25) is 4.79 Å². The van der Waals surface area contributed by atoms with Crippen molar-refractivity contribution < 1.29 is 9.53 Å². The molecule has 2 aliphatic rings. The topological polar surface area (TPSA) is 86.3 Å². The Morgan fingerprint density at radius 1 is 1.14 bits per heavy atom. The number of carbonyl (C=O) groups excluding carboxylic acids is 1. The summed E-state index contributed by atoms with van der Waals surface area (Å²) in [5.41, 5.74) is 8.82. The quantitative estimate of drug-likeness (QED) is 0.806. The Labute approximate surface area is 172 Å². The molecule has 1 aliphatic carbocycles. The molecule has 1 aliphatic heterocycles. The summed E-state index contributed by atoms with van der Waals surface area (Å²) in [6, 6.07) is 0.538. The lowest BCUT2D eigenvalue weighted by atomic mass is 9.95. The van der Waals surface area contributed by atoms with Crippen LogP contribution in [0.5, 0.6) is 5.88 Å². The van der Waals surface area contributed by atoms with E-state index in [1.54, 1.807) is 6.33 Å². The number of rotatable bonds is 6. The molecule has 3 heterocycles. The van der Waals surface area contributed by atoms with Crippen LogP contribution in [-0.2, 0) is 4.79 Å². The molecule has 2 fully saturated rings. The van der Waals surface area contributed by atoms with Crippen molar-refractivity contribution in [3.63, 3.8) is 0 Å². The minimum absolute atomic E-state index is 0.149. The van der Waals surface area contributed by atoms with Crippen molar-refractivity contribution in [2.45, 2.75) is 77.4 Å². The maximum atomic E-state index is 11.0. The van der Waals surface area contributed by atoms with Gasteiger partial charge >= 0.3 is 0 Å². The van der Waals surface area contributed by atoms with E-state index < -0.39 is 0 Å². The molecule has 0 unspecified atom stereocenters. The first-order chi connectivity index (χ1) is 14.0. The predicted octanol–water partition coefficient (Wildman–Crippen LogP) is 3.27. The van der Waals surface area contributed by atoms with Crippen LogP contribution < -0.4 is 10.5 Å². The number of fused-ring (bicyclic) bond motifs is 1. The van der Waals surface area contributed by atoms with E-state index >= 15 is 0 Å². The molecule has 0 radical (unpaired) electrons. The second kappa shape index (κ2) is 8.69. The summed E-state index contributed by atoms with van der Waals surface area (Å²) in [5.74, 6) is 0.487. The summed E-state index contributed by atoms with van der Waals surface area (Å²) in [6.07, 6.45) is 10.5. The molecule has 29 heavy (non-hydrogen) atoms. The van der Waals surface area contributed by atoms with E-state index in [2.05, 4.69) is 33.3 Å². The van der Waals surface area contributed by atoms with Gasteiger partial charge in [0, 0.05) is 37.8 Å². The number of carbonyl (C=O) groups is 1. The summed E-state index contributed by atoms with van der Waals surface area (Å²) in [5, 5.41) is 1.08. The first-order valence-electron chi connectivity index (χ1n) is 11.0. The Balaban J connectivity index is 1.51. The van der Waals surface area contributed by atoms with Crippen LogP contribution in [-0.4, -0.2) is 51.1 Å². The molecule has 7 heteroatoms. The number of nitrogens with two attached hydrogens (primary N) is 1. The average molecular weight is 400 g/mol. The molecule has 4 rings (SSSR count). The van der Waals surface area contributed by atoms with Crippen molar-refractivity contribution in [2.24, 2.45) is 5.73 Å². The summed E-state index contributed by atoms with van der Waals surface area (Å²) < 4.78 is 8.83. The smallest absolute Gasteiger partial charge is 0.226 e. The second-order valence-electron chi connectivity index (χ2n) is 8.62. The van der Waals surface area contributed by atoms with Crippen LogP contribution in [0.4, 0.5) is 0 Å². The number of aryl methyl sites for hydroxylation is 1. The molecule has 0 spiro atoms. The number of primary amides is 1. The molecular formula is C22H33N5O2. The van der Waals surface area contributed by atoms with Crippen LogP contribution >= 0.6 is 0 Å². The Morgan fingerprint density at radius 2 is 1.86 bits per heavy atom. The fourth-order valence-corrected chi connectivity index (χ4v) is 4.94. The minimum Gasteiger partial charge on any atom is -0.474 e. The number of ether oxygens (including phenoxy) is 1. The highest BCUT2D eigenvalue weighted by Crippen LogP contribution is 2.37. The second-order valence-corrected chi connectivity index (χ2v) is 8.62. The van der Waals surface area contributed by atoms with Crippen LogP contribution in [0.1, 0.15) is 68.7 Å². The zero-order chi connectivity index (χ0) is 20.4. The molecular weight excluding hydrogens is 366 g/mol. The van der Waals surface area contributed by atoms with Crippen LogP contribution in [0.15, 0.2) is 6.33 Å². The monoisotopic (exact) mass is 399 g/mol. The summed E-state index contributed by atoms with van der Waals surface area (Å²) in [6.45, 7) is 6.95. The summed E-state index contributed by atoms with van der Waals surface area (Å²) in [4.78, 5) is 22.5. The van der Waals surface area contributed by atoms with Crippen LogP contribution in [0.25, 0.3) is 11.0 Å². The number of hydrogen-bond acceptors (Lipinski definition) is 5. The first-order valence-corrected chi connectivity index (χ1v) is 11.0. The third kappa shape index (κ3) is 4.25. The lowest BCUT2D eigenvalue weighted by molar-refractivity contribution is -0.118. The number of hydrogen-bond donors (Lipinski definition) is 1. The van der Waals surface area contributed by atoms with Crippen LogP contribution in [0.3, 0.4) is 0 Å². The van der Waals surface area contributed by atoms with Gasteiger partial charge in [-0.2, -0.15) is 0 Å². The van der Waals surface area contributed by atoms with Gasteiger partial charge in [0.1, 0.15) is 18.1 Å². The van der Waals surface area contributed by atoms with Gasteiger partial charge in [-0.05, 0) is 45.1 Å². The number of piperidine rings is 1.